The van der Waals surface area contributed by atoms with E-state index in [1.807, 2.05) is 36.4 Å². The Morgan fingerprint density at radius 2 is 1.32 bits per heavy atom. The van der Waals surface area contributed by atoms with Gasteiger partial charge in [-0.05, 0) is 107 Å². The minimum atomic E-state index is -0.939. The van der Waals surface area contributed by atoms with Crippen molar-refractivity contribution in [3.63, 3.8) is 0 Å². The Morgan fingerprint density at radius 1 is 0.650 bits per heavy atom. The molecule has 0 saturated heterocycles. The maximum absolute atomic E-state index is 9.09. The van der Waals surface area contributed by atoms with Crippen LogP contribution in [0.5, 0.6) is 34.5 Å². The molecule has 3 aliphatic rings. The summed E-state index contributed by atoms with van der Waals surface area (Å²) in [4.78, 5) is 0. The lowest BCUT2D eigenvalue weighted by Crippen LogP contribution is -2.30. The van der Waals surface area contributed by atoms with Crippen molar-refractivity contribution in [3.05, 3.63) is 137 Å². The van der Waals surface area contributed by atoms with Gasteiger partial charge in [0.05, 0.1) is 75.2 Å². The zero-order chi connectivity index (χ0) is 41.9. The van der Waals surface area contributed by atoms with Crippen LogP contribution in [0, 0.1) is 0 Å². The molecule has 1 aliphatic heterocycles. The van der Waals surface area contributed by atoms with Crippen LogP contribution in [0.15, 0.2) is 109 Å². The molecule has 0 fully saturated rings. The van der Waals surface area contributed by atoms with Gasteiger partial charge in [-0.25, -0.2) is 0 Å². The number of ether oxygens (including phenoxy) is 9. The van der Waals surface area contributed by atoms with E-state index in [0.29, 0.717) is 45.2 Å². The Bertz CT molecular complexity index is 2470. The Balaban J connectivity index is 1.31. The second kappa shape index (κ2) is 17.4. The molecule has 2 unspecified atom stereocenters. The fourth-order valence-corrected chi connectivity index (χ4v) is 9.09. The second-order valence-electron chi connectivity index (χ2n) is 15.0. The van der Waals surface area contributed by atoms with Crippen molar-refractivity contribution >= 4 is 16.3 Å². The van der Waals surface area contributed by atoms with Crippen LogP contribution in [0.25, 0.3) is 27.5 Å². The molecule has 10 nitrogen and oxygen atoms in total. The Kier molecular flexibility index (Phi) is 11.9. The lowest BCUT2D eigenvalue weighted by Gasteiger charge is -2.38. The number of rotatable bonds is 17. The fourth-order valence-electron chi connectivity index (χ4n) is 9.09. The molecular weight excluding hydrogens is 761 g/mol. The molecule has 2 aliphatic carbocycles. The summed E-state index contributed by atoms with van der Waals surface area (Å²) in [6, 6.07) is 26.7. The first-order valence-corrected chi connectivity index (χ1v) is 20.2. The van der Waals surface area contributed by atoms with E-state index in [1.165, 1.54) is 0 Å². The van der Waals surface area contributed by atoms with Gasteiger partial charge in [-0.2, -0.15) is 0 Å². The number of benzene rings is 5. The maximum atomic E-state index is 9.09. The third-order valence-electron chi connectivity index (χ3n) is 12.0. The number of hydrogen-bond donors (Lipinski definition) is 1. The molecule has 0 saturated carbocycles. The van der Waals surface area contributed by atoms with E-state index < -0.39 is 11.0 Å². The quantitative estimate of drug-likeness (QED) is 0.0917. The Morgan fingerprint density at radius 3 is 2.05 bits per heavy atom. The van der Waals surface area contributed by atoms with Crippen molar-refractivity contribution in [2.45, 2.75) is 24.4 Å². The summed E-state index contributed by atoms with van der Waals surface area (Å²) in [7, 11) is 8.42. The highest BCUT2D eigenvalue weighted by Crippen LogP contribution is 2.60. The standard InChI is InChI=1S/C50H52O10/c1-49(60-27-26-58-25-24-57-23-21-51)43-29-36(54-4)14-17-40(43)45-39-16-13-35(53-3)28-41(39)48-46(47(45)49)38(19-22-59-48)32-8-7-20-50(31-32,33-9-11-34(52-2)12-10-33)42-18-15-37(55-5)30-44(42)56-6/h7-20,28-30,51H,21-27,31H2,1-6H3. The molecule has 1 heterocycles. The van der Waals surface area contributed by atoms with Gasteiger partial charge in [-0.3, -0.25) is 0 Å². The Labute approximate surface area is 351 Å². The monoisotopic (exact) mass is 812 g/mol. The highest BCUT2D eigenvalue weighted by Gasteiger charge is 2.47. The third-order valence-corrected chi connectivity index (χ3v) is 12.0. The predicted molar refractivity (Wildman–Crippen MR) is 232 cm³/mol. The van der Waals surface area contributed by atoms with Gasteiger partial charge in [0.2, 0.25) is 0 Å². The largest absolute Gasteiger partial charge is 0.497 e. The van der Waals surface area contributed by atoms with Gasteiger partial charge in [-0.15, -0.1) is 0 Å². The summed E-state index contributed by atoms with van der Waals surface area (Å²) in [5.41, 5.74) is 7.83. The van der Waals surface area contributed by atoms with Crippen LogP contribution in [-0.4, -0.2) is 86.9 Å². The van der Waals surface area contributed by atoms with Crippen molar-refractivity contribution < 1.29 is 47.7 Å². The minimum Gasteiger partial charge on any atom is -0.497 e. The average molecular weight is 813 g/mol. The van der Waals surface area contributed by atoms with Gasteiger partial charge in [0.25, 0.3) is 0 Å². The zero-order valence-corrected chi connectivity index (χ0v) is 35.1. The normalized spacial score (nSPS) is 18.8. The lowest BCUT2D eigenvalue weighted by atomic mass is 9.66. The molecule has 60 heavy (non-hydrogen) atoms. The molecule has 0 radical (unpaired) electrons. The summed E-state index contributed by atoms with van der Waals surface area (Å²) < 4.78 is 54.1. The van der Waals surface area contributed by atoms with E-state index in [1.54, 1.807) is 35.5 Å². The molecule has 0 bridgehead atoms. The molecule has 1 N–H and O–H groups in total. The minimum absolute atomic E-state index is 0.0268. The summed E-state index contributed by atoms with van der Waals surface area (Å²) in [6.07, 6.45) is 9.45. The average Bonchev–Trinajstić information content (AvgIpc) is 3.56. The summed E-state index contributed by atoms with van der Waals surface area (Å²) in [5, 5.41) is 11.1. The van der Waals surface area contributed by atoms with Crippen molar-refractivity contribution in [1.82, 2.24) is 0 Å². The topological polar surface area (TPSA) is 103 Å². The van der Waals surface area contributed by atoms with E-state index in [4.69, 9.17) is 47.7 Å². The molecule has 0 spiro atoms. The lowest BCUT2D eigenvalue weighted by molar-refractivity contribution is -0.0431. The molecule has 5 aromatic carbocycles. The molecular formula is C50H52O10. The SMILES string of the molecule is COc1ccc(C2(c3ccc(OC)cc3OC)C=CC=C(C3=CCOc4c3c3c(c5ccc(OC)cc45)-c4ccc(OC)cc4C3(C)OCCOCCOCCO)C2)cc1. The zero-order valence-electron chi connectivity index (χ0n) is 35.1. The summed E-state index contributed by atoms with van der Waals surface area (Å²) in [6.45, 7) is 4.20. The van der Waals surface area contributed by atoms with Crippen molar-refractivity contribution in [1.29, 1.82) is 0 Å². The van der Waals surface area contributed by atoms with Crippen LogP contribution in [0.3, 0.4) is 0 Å². The van der Waals surface area contributed by atoms with E-state index in [-0.39, 0.29) is 13.2 Å². The number of fused-ring (bicyclic) bond motifs is 8. The predicted octanol–water partition coefficient (Wildman–Crippen LogP) is 8.82. The first-order valence-electron chi connectivity index (χ1n) is 20.2. The third kappa shape index (κ3) is 7.17. The van der Waals surface area contributed by atoms with Crippen LogP contribution in [0.2, 0.25) is 0 Å². The summed E-state index contributed by atoms with van der Waals surface area (Å²) >= 11 is 0. The number of allylic oxidation sites excluding steroid dienone is 5. The maximum Gasteiger partial charge on any atom is 0.136 e. The van der Waals surface area contributed by atoms with Gasteiger partial charge < -0.3 is 47.7 Å². The highest BCUT2D eigenvalue weighted by atomic mass is 16.6. The number of methoxy groups -OCH3 is 5. The van der Waals surface area contributed by atoms with Gasteiger partial charge in [0.1, 0.15) is 46.7 Å². The van der Waals surface area contributed by atoms with E-state index in [0.717, 1.165) is 89.6 Å². The van der Waals surface area contributed by atoms with Gasteiger partial charge in [-0.1, -0.05) is 42.5 Å². The van der Waals surface area contributed by atoms with Crippen LogP contribution < -0.4 is 28.4 Å². The van der Waals surface area contributed by atoms with Gasteiger partial charge in [0, 0.05) is 33.6 Å². The first-order chi connectivity index (χ1) is 29.3. The molecule has 5 aromatic rings. The van der Waals surface area contributed by atoms with E-state index in [9.17, 15) is 0 Å². The van der Waals surface area contributed by atoms with E-state index >= 15 is 0 Å². The van der Waals surface area contributed by atoms with Crippen LogP contribution in [0.1, 0.15) is 41.2 Å². The molecule has 10 heteroatoms. The molecule has 8 rings (SSSR count). The Hall–Kier alpha value is -5.78. The molecule has 0 amide bonds. The number of aliphatic hydroxyl groups excluding tert-OH is 1. The second-order valence-corrected chi connectivity index (χ2v) is 15.0. The number of hydrogen-bond acceptors (Lipinski definition) is 10. The number of aliphatic hydroxyl groups is 1. The van der Waals surface area contributed by atoms with Crippen LogP contribution >= 0.6 is 0 Å². The molecule has 312 valence electrons. The highest BCUT2D eigenvalue weighted by molar-refractivity contribution is 6.10. The van der Waals surface area contributed by atoms with Crippen molar-refractivity contribution in [2.24, 2.45) is 0 Å². The molecule has 0 aromatic heterocycles. The van der Waals surface area contributed by atoms with Gasteiger partial charge >= 0.3 is 0 Å². The summed E-state index contributed by atoms with van der Waals surface area (Å²) in [5.74, 6) is 4.47. The van der Waals surface area contributed by atoms with Crippen LogP contribution in [0.4, 0.5) is 0 Å². The van der Waals surface area contributed by atoms with E-state index in [2.05, 4.69) is 73.7 Å². The van der Waals surface area contributed by atoms with Crippen LogP contribution in [-0.2, 0) is 25.2 Å². The van der Waals surface area contributed by atoms with Crippen molar-refractivity contribution in [3.8, 4) is 45.6 Å². The van der Waals surface area contributed by atoms with Gasteiger partial charge in [0.15, 0.2) is 0 Å². The van der Waals surface area contributed by atoms with Crippen molar-refractivity contribution in [2.75, 3.05) is 81.8 Å². The molecule has 2 atom stereocenters. The fraction of sp³-hybridized carbons (Fsp3) is 0.320. The first kappa shape index (κ1) is 41.0. The smallest absolute Gasteiger partial charge is 0.136 e.